The number of carbonyl (C=O) groups excluding carboxylic acids is 1. The molecule has 0 saturated carbocycles. The van der Waals surface area contributed by atoms with Gasteiger partial charge in [0, 0.05) is 45.9 Å². The Morgan fingerprint density at radius 1 is 1.29 bits per heavy atom. The van der Waals surface area contributed by atoms with Crippen molar-refractivity contribution < 1.29 is 9.53 Å². The fourth-order valence-electron chi connectivity index (χ4n) is 1.93. The lowest BCUT2D eigenvalue weighted by Crippen LogP contribution is -2.52. The zero-order valence-electron chi connectivity index (χ0n) is 11.2. The molecule has 5 nitrogen and oxygen atoms in total. The molecule has 2 atom stereocenters. The zero-order chi connectivity index (χ0) is 12.8. The molecule has 1 fully saturated rings. The molecule has 1 saturated heterocycles. The lowest BCUT2D eigenvalue weighted by Gasteiger charge is -2.36. The van der Waals surface area contributed by atoms with Crippen molar-refractivity contribution in [3.8, 4) is 0 Å². The summed E-state index contributed by atoms with van der Waals surface area (Å²) in [5, 5.41) is 0. The maximum atomic E-state index is 12.1. The van der Waals surface area contributed by atoms with Crippen LogP contribution in [0.4, 0.5) is 0 Å². The van der Waals surface area contributed by atoms with Crippen LogP contribution in [0.3, 0.4) is 0 Å². The van der Waals surface area contributed by atoms with Gasteiger partial charge in [-0.15, -0.1) is 0 Å². The molecule has 0 spiro atoms. The fourth-order valence-corrected chi connectivity index (χ4v) is 1.93. The molecule has 0 aromatic carbocycles. The Balaban J connectivity index is 2.33. The number of methoxy groups -OCH3 is 1. The minimum Gasteiger partial charge on any atom is -0.383 e. The molecule has 100 valence electrons. The minimum atomic E-state index is -0.0828. The van der Waals surface area contributed by atoms with Gasteiger partial charge in [-0.25, -0.2) is 0 Å². The summed E-state index contributed by atoms with van der Waals surface area (Å²) in [6, 6.07) is -0.0750. The molecule has 2 unspecified atom stereocenters. The van der Waals surface area contributed by atoms with Gasteiger partial charge in [-0.1, -0.05) is 6.92 Å². The second-order valence-corrected chi connectivity index (χ2v) is 4.81. The van der Waals surface area contributed by atoms with Gasteiger partial charge in [-0.05, 0) is 6.92 Å². The third-order valence-electron chi connectivity index (χ3n) is 3.47. The van der Waals surface area contributed by atoms with Gasteiger partial charge < -0.3 is 15.4 Å². The average molecular weight is 243 g/mol. The van der Waals surface area contributed by atoms with Gasteiger partial charge in [-0.3, -0.25) is 9.69 Å². The number of carbonyl (C=O) groups is 1. The number of piperazine rings is 1. The monoisotopic (exact) mass is 243 g/mol. The Kier molecular flexibility index (Phi) is 5.88. The quantitative estimate of drug-likeness (QED) is 0.724. The van der Waals surface area contributed by atoms with Gasteiger partial charge in [0.2, 0.25) is 5.91 Å². The number of amides is 1. The molecule has 1 amide bonds. The van der Waals surface area contributed by atoms with Crippen molar-refractivity contribution in [2.24, 2.45) is 11.7 Å². The summed E-state index contributed by atoms with van der Waals surface area (Å²) in [4.78, 5) is 16.3. The van der Waals surface area contributed by atoms with Crippen molar-refractivity contribution in [1.82, 2.24) is 9.80 Å². The summed E-state index contributed by atoms with van der Waals surface area (Å²) in [5.74, 6) is 0.104. The molecule has 0 aromatic heterocycles. The third-order valence-corrected chi connectivity index (χ3v) is 3.47. The minimum absolute atomic E-state index is 0.0750. The Morgan fingerprint density at radius 2 is 1.88 bits per heavy atom. The molecule has 2 N–H and O–H groups in total. The molecule has 5 heteroatoms. The first-order valence-corrected chi connectivity index (χ1v) is 6.32. The fraction of sp³-hybridized carbons (Fsp3) is 0.917. The summed E-state index contributed by atoms with van der Waals surface area (Å²) < 4.78 is 5.05. The Bertz CT molecular complexity index is 238. The van der Waals surface area contributed by atoms with E-state index in [1.165, 1.54) is 0 Å². The van der Waals surface area contributed by atoms with Crippen molar-refractivity contribution in [2.45, 2.75) is 19.9 Å². The van der Waals surface area contributed by atoms with E-state index in [0.717, 1.165) is 39.3 Å². The SMILES string of the molecule is COCCN1CCN(C(=O)C(C)C(C)N)CC1. The van der Waals surface area contributed by atoms with Gasteiger partial charge in [0.15, 0.2) is 0 Å². The Hall–Kier alpha value is -0.650. The van der Waals surface area contributed by atoms with Crippen molar-refractivity contribution >= 4 is 5.91 Å². The van der Waals surface area contributed by atoms with Crippen molar-refractivity contribution in [3.63, 3.8) is 0 Å². The Labute approximate surface area is 104 Å². The summed E-state index contributed by atoms with van der Waals surface area (Å²) in [6.45, 7) is 8.97. The van der Waals surface area contributed by atoms with E-state index in [0.29, 0.717) is 0 Å². The highest BCUT2D eigenvalue weighted by molar-refractivity contribution is 5.79. The van der Waals surface area contributed by atoms with Gasteiger partial charge in [0.05, 0.1) is 12.5 Å². The molecule has 0 aliphatic carbocycles. The molecule has 1 aliphatic rings. The van der Waals surface area contributed by atoms with Crippen LogP contribution in [-0.4, -0.2) is 68.2 Å². The first kappa shape index (κ1) is 14.4. The predicted molar refractivity (Wildman–Crippen MR) is 67.7 cm³/mol. The normalized spacial score (nSPS) is 21.3. The molecule has 1 rings (SSSR count). The van der Waals surface area contributed by atoms with Crippen molar-refractivity contribution in [3.05, 3.63) is 0 Å². The number of rotatable bonds is 5. The second kappa shape index (κ2) is 6.93. The van der Waals surface area contributed by atoms with E-state index in [1.807, 2.05) is 18.7 Å². The van der Waals surface area contributed by atoms with Crippen LogP contribution in [0, 0.1) is 5.92 Å². The Morgan fingerprint density at radius 3 is 2.35 bits per heavy atom. The molecular formula is C12H25N3O2. The molecule has 1 aliphatic heterocycles. The number of hydrogen-bond acceptors (Lipinski definition) is 4. The highest BCUT2D eigenvalue weighted by Crippen LogP contribution is 2.09. The van der Waals surface area contributed by atoms with Crippen LogP contribution in [0.25, 0.3) is 0 Å². The molecular weight excluding hydrogens is 218 g/mol. The van der Waals surface area contributed by atoms with Gasteiger partial charge in [0.25, 0.3) is 0 Å². The van der Waals surface area contributed by atoms with E-state index < -0.39 is 0 Å². The van der Waals surface area contributed by atoms with Crippen LogP contribution >= 0.6 is 0 Å². The van der Waals surface area contributed by atoms with Crippen molar-refractivity contribution in [2.75, 3.05) is 46.4 Å². The van der Waals surface area contributed by atoms with Crippen LogP contribution < -0.4 is 5.73 Å². The third kappa shape index (κ3) is 4.26. The standard InChI is InChI=1S/C12H25N3O2/c1-10(11(2)13)12(16)15-6-4-14(5-7-15)8-9-17-3/h10-11H,4-9,13H2,1-3H3. The molecule has 0 aromatic rings. The summed E-state index contributed by atoms with van der Waals surface area (Å²) in [6.07, 6.45) is 0. The number of nitrogens with zero attached hydrogens (tertiary/aromatic N) is 2. The second-order valence-electron chi connectivity index (χ2n) is 4.81. The average Bonchev–Trinajstić information content (AvgIpc) is 2.35. The van der Waals surface area contributed by atoms with Gasteiger partial charge in [-0.2, -0.15) is 0 Å². The summed E-state index contributed by atoms with van der Waals surface area (Å²) >= 11 is 0. The van der Waals surface area contributed by atoms with Crippen LogP contribution in [0.5, 0.6) is 0 Å². The van der Waals surface area contributed by atoms with Gasteiger partial charge >= 0.3 is 0 Å². The predicted octanol–water partition coefficient (Wildman–Crippen LogP) is -0.240. The van der Waals surface area contributed by atoms with Crippen LogP contribution in [0.1, 0.15) is 13.8 Å². The van der Waals surface area contributed by atoms with E-state index in [1.54, 1.807) is 7.11 Å². The lowest BCUT2D eigenvalue weighted by atomic mass is 10.0. The first-order chi connectivity index (χ1) is 8.06. The van der Waals surface area contributed by atoms with E-state index >= 15 is 0 Å². The van der Waals surface area contributed by atoms with Crippen LogP contribution in [0.15, 0.2) is 0 Å². The highest BCUT2D eigenvalue weighted by atomic mass is 16.5. The summed E-state index contributed by atoms with van der Waals surface area (Å²) in [5.41, 5.74) is 5.76. The maximum Gasteiger partial charge on any atom is 0.227 e. The number of ether oxygens (including phenoxy) is 1. The van der Waals surface area contributed by atoms with Crippen molar-refractivity contribution in [1.29, 1.82) is 0 Å². The number of hydrogen-bond donors (Lipinski definition) is 1. The first-order valence-electron chi connectivity index (χ1n) is 6.32. The highest BCUT2D eigenvalue weighted by Gasteiger charge is 2.26. The number of nitrogens with two attached hydrogens (primary N) is 1. The molecule has 17 heavy (non-hydrogen) atoms. The molecule has 0 bridgehead atoms. The summed E-state index contributed by atoms with van der Waals surface area (Å²) in [7, 11) is 1.71. The maximum absolute atomic E-state index is 12.1. The van der Waals surface area contributed by atoms with E-state index in [-0.39, 0.29) is 17.9 Å². The van der Waals surface area contributed by atoms with Crippen LogP contribution in [-0.2, 0) is 9.53 Å². The van der Waals surface area contributed by atoms with E-state index in [9.17, 15) is 4.79 Å². The van der Waals surface area contributed by atoms with Gasteiger partial charge in [0.1, 0.15) is 0 Å². The largest absolute Gasteiger partial charge is 0.383 e. The van der Waals surface area contributed by atoms with Crippen LogP contribution in [0.2, 0.25) is 0 Å². The van der Waals surface area contributed by atoms with E-state index in [4.69, 9.17) is 10.5 Å². The topological polar surface area (TPSA) is 58.8 Å². The van der Waals surface area contributed by atoms with E-state index in [2.05, 4.69) is 4.90 Å². The lowest BCUT2D eigenvalue weighted by molar-refractivity contribution is -0.137. The smallest absolute Gasteiger partial charge is 0.227 e. The molecule has 0 radical (unpaired) electrons. The zero-order valence-corrected chi connectivity index (χ0v) is 11.2. The molecule has 1 heterocycles.